The molecule has 23 heavy (non-hydrogen) atoms. The van der Waals surface area contributed by atoms with Crippen molar-refractivity contribution in [2.45, 2.75) is 38.9 Å². The molecule has 1 rings (SSSR count). The normalized spacial score (nSPS) is 11.4. The van der Waals surface area contributed by atoms with Gasteiger partial charge < -0.3 is 9.64 Å². The molecular formula is C16H20F3NO3. The minimum Gasteiger partial charge on any atom is -0.469 e. The Kier molecular flexibility index (Phi) is 6.60. The van der Waals surface area contributed by atoms with E-state index in [1.165, 1.54) is 24.1 Å². The van der Waals surface area contributed by atoms with Gasteiger partial charge in [-0.3, -0.25) is 9.59 Å². The highest BCUT2D eigenvalue weighted by Crippen LogP contribution is 2.29. The molecule has 0 spiro atoms. The Bertz CT molecular complexity index is 556. The van der Waals surface area contributed by atoms with E-state index >= 15 is 0 Å². The number of esters is 1. The molecule has 0 heterocycles. The Morgan fingerprint density at radius 3 is 2.43 bits per heavy atom. The second kappa shape index (κ2) is 7.99. The molecule has 7 heteroatoms. The molecule has 128 valence electrons. The minimum atomic E-state index is -4.44. The molecule has 0 N–H and O–H groups in total. The number of ether oxygens (including phenoxy) is 1. The van der Waals surface area contributed by atoms with Crippen LogP contribution in [0.5, 0.6) is 0 Å². The molecule has 0 unspecified atom stereocenters. The predicted octanol–water partition coefficient (Wildman–Crippen LogP) is 3.05. The third kappa shape index (κ3) is 5.92. The Morgan fingerprint density at radius 2 is 1.91 bits per heavy atom. The number of amides is 1. The molecule has 0 fully saturated rings. The van der Waals surface area contributed by atoms with Crippen molar-refractivity contribution in [1.29, 1.82) is 0 Å². The zero-order valence-electron chi connectivity index (χ0n) is 13.3. The molecule has 1 aromatic carbocycles. The highest BCUT2D eigenvalue weighted by Gasteiger charge is 2.30. The molecule has 1 amide bonds. The lowest BCUT2D eigenvalue weighted by molar-refractivity contribution is -0.142. The molecule has 0 aliphatic carbocycles. The molecule has 0 aliphatic heterocycles. The molecular weight excluding hydrogens is 311 g/mol. The number of hydrogen-bond acceptors (Lipinski definition) is 3. The van der Waals surface area contributed by atoms with Crippen LogP contribution in [0.25, 0.3) is 0 Å². The van der Waals surface area contributed by atoms with Crippen LogP contribution in [0.1, 0.15) is 31.4 Å². The monoisotopic (exact) mass is 331 g/mol. The van der Waals surface area contributed by atoms with Crippen molar-refractivity contribution in [3.63, 3.8) is 0 Å². The van der Waals surface area contributed by atoms with Crippen molar-refractivity contribution in [2.24, 2.45) is 0 Å². The first-order valence-electron chi connectivity index (χ1n) is 7.17. The SMILES string of the molecule is COC(=O)CCN(C(=O)Cc1cccc(C(F)(F)F)c1)C(C)C. The topological polar surface area (TPSA) is 46.6 Å². The number of hydrogen-bond donors (Lipinski definition) is 0. The van der Waals surface area contributed by atoms with E-state index in [1.807, 2.05) is 0 Å². The Labute approximate surface area is 133 Å². The van der Waals surface area contributed by atoms with Gasteiger partial charge in [0.05, 0.1) is 25.5 Å². The van der Waals surface area contributed by atoms with Crippen LogP contribution in [0, 0.1) is 0 Å². The van der Waals surface area contributed by atoms with Crippen molar-refractivity contribution < 1.29 is 27.5 Å². The van der Waals surface area contributed by atoms with E-state index < -0.39 is 17.7 Å². The summed E-state index contributed by atoms with van der Waals surface area (Å²) in [6, 6.07) is 4.52. The van der Waals surface area contributed by atoms with E-state index in [4.69, 9.17) is 0 Å². The summed E-state index contributed by atoms with van der Waals surface area (Å²) in [5.74, 6) is -0.772. The van der Waals surface area contributed by atoms with Crippen molar-refractivity contribution in [1.82, 2.24) is 4.90 Å². The fraction of sp³-hybridized carbons (Fsp3) is 0.500. The van der Waals surface area contributed by atoms with Gasteiger partial charge in [-0.15, -0.1) is 0 Å². The summed E-state index contributed by atoms with van der Waals surface area (Å²) in [5, 5.41) is 0. The van der Waals surface area contributed by atoms with Crippen molar-refractivity contribution in [2.75, 3.05) is 13.7 Å². The van der Waals surface area contributed by atoms with Crippen LogP contribution in [0.2, 0.25) is 0 Å². The van der Waals surface area contributed by atoms with Gasteiger partial charge >= 0.3 is 12.1 Å². The largest absolute Gasteiger partial charge is 0.469 e. The maximum absolute atomic E-state index is 12.7. The van der Waals surface area contributed by atoms with Crippen LogP contribution in [0.15, 0.2) is 24.3 Å². The fourth-order valence-corrected chi connectivity index (χ4v) is 2.12. The second-order valence-electron chi connectivity index (χ2n) is 5.38. The first kappa shape index (κ1) is 19.0. The summed E-state index contributed by atoms with van der Waals surface area (Å²) in [6.07, 6.45) is -4.55. The first-order chi connectivity index (χ1) is 10.6. The maximum atomic E-state index is 12.7. The van der Waals surface area contributed by atoms with Gasteiger partial charge in [0.15, 0.2) is 0 Å². The zero-order chi connectivity index (χ0) is 17.6. The quantitative estimate of drug-likeness (QED) is 0.753. The van der Waals surface area contributed by atoms with Crippen LogP contribution in [0.4, 0.5) is 13.2 Å². The van der Waals surface area contributed by atoms with E-state index in [0.717, 1.165) is 12.1 Å². The highest BCUT2D eigenvalue weighted by molar-refractivity contribution is 5.80. The molecule has 0 aliphatic rings. The molecule has 0 atom stereocenters. The Morgan fingerprint density at radius 1 is 1.26 bits per heavy atom. The van der Waals surface area contributed by atoms with Gasteiger partial charge in [0.2, 0.25) is 5.91 Å². The van der Waals surface area contributed by atoms with Crippen LogP contribution in [-0.4, -0.2) is 36.5 Å². The van der Waals surface area contributed by atoms with Gasteiger partial charge in [-0.1, -0.05) is 18.2 Å². The molecule has 0 saturated carbocycles. The second-order valence-corrected chi connectivity index (χ2v) is 5.38. The predicted molar refractivity (Wildman–Crippen MR) is 78.6 cm³/mol. The summed E-state index contributed by atoms with van der Waals surface area (Å²) in [6.45, 7) is 3.73. The van der Waals surface area contributed by atoms with Gasteiger partial charge in [-0.25, -0.2) is 0 Å². The summed E-state index contributed by atoms with van der Waals surface area (Å²) in [4.78, 5) is 25.0. The number of nitrogens with zero attached hydrogens (tertiary/aromatic N) is 1. The zero-order valence-corrected chi connectivity index (χ0v) is 13.3. The van der Waals surface area contributed by atoms with E-state index in [2.05, 4.69) is 4.74 Å². The average Bonchev–Trinajstić information content (AvgIpc) is 2.46. The number of benzene rings is 1. The third-order valence-electron chi connectivity index (χ3n) is 3.34. The van der Waals surface area contributed by atoms with Crippen molar-refractivity contribution in [3.05, 3.63) is 35.4 Å². The van der Waals surface area contributed by atoms with Gasteiger partial charge in [0.25, 0.3) is 0 Å². The van der Waals surface area contributed by atoms with Crippen LogP contribution in [0.3, 0.4) is 0 Å². The van der Waals surface area contributed by atoms with E-state index in [1.54, 1.807) is 13.8 Å². The highest BCUT2D eigenvalue weighted by atomic mass is 19.4. The molecule has 0 bridgehead atoms. The molecule has 0 radical (unpaired) electrons. The average molecular weight is 331 g/mol. The van der Waals surface area contributed by atoms with E-state index in [-0.39, 0.29) is 36.9 Å². The van der Waals surface area contributed by atoms with Crippen LogP contribution >= 0.6 is 0 Å². The number of methoxy groups -OCH3 is 1. The number of alkyl halides is 3. The smallest absolute Gasteiger partial charge is 0.416 e. The molecule has 0 aromatic heterocycles. The fourth-order valence-electron chi connectivity index (χ4n) is 2.12. The number of carbonyl (C=O) groups is 2. The van der Waals surface area contributed by atoms with Gasteiger partial charge in [-0.2, -0.15) is 13.2 Å². The lowest BCUT2D eigenvalue weighted by atomic mass is 10.1. The van der Waals surface area contributed by atoms with Crippen LogP contribution in [-0.2, 0) is 26.9 Å². The Hall–Kier alpha value is -2.05. The molecule has 1 aromatic rings. The van der Waals surface area contributed by atoms with Gasteiger partial charge in [0.1, 0.15) is 0 Å². The summed E-state index contributed by atoms with van der Waals surface area (Å²) in [5.41, 5.74) is -0.498. The first-order valence-corrected chi connectivity index (χ1v) is 7.17. The number of carbonyl (C=O) groups excluding carboxylic acids is 2. The van der Waals surface area contributed by atoms with Gasteiger partial charge in [-0.05, 0) is 25.5 Å². The summed E-state index contributed by atoms with van der Waals surface area (Å²) in [7, 11) is 1.26. The molecule has 0 saturated heterocycles. The summed E-state index contributed by atoms with van der Waals surface area (Å²) >= 11 is 0. The molecule has 4 nitrogen and oxygen atoms in total. The maximum Gasteiger partial charge on any atom is 0.416 e. The van der Waals surface area contributed by atoms with E-state index in [9.17, 15) is 22.8 Å². The van der Waals surface area contributed by atoms with Gasteiger partial charge in [0, 0.05) is 12.6 Å². The summed E-state index contributed by atoms with van der Waals surface area (Å²) < 4.78 is 42.6. The Balaban J connectivity index is 2.81. The number of rotatable bonds is 6. The third-order valence-corrected chi connectivity index (χ3v) is 3.34. The van der Waals surface area contributed by atoms with Crippen LogP contribution < -0.4 is 0 Å². The lowest BCUT2D eigenvalue weighted by Gasteiger charge is -2.26. The number of halogens is 3. The van der Waals surface area contributed by atoms with Crippen molar-refractivity contribution in [3.8, 4) is 0 Å². The standard InChI is InChI=1S/C16H20F3NO3/c1-11(2)20(8-7-15(22)23-3)14(21)10-12-5-4-6-13(9-12)16(17,18)19/h4-6,9,11H,7-8,10H2,1-3H3. The van der Waals surface area contributed by atoms with E-state index in [0.29, 0.717) is 0 Å². The minimum absolute atomic E-state index is 0.0447. The van der Waals surface area contributed by atoms with Crippen molar-refractivity contribution >= 4 is 11.9 Å². The lowest BCUT2D eigenvalue weighted by Crippen LogP contribution is -2.39.